The third-order valence-electron chi connectivity index (χ3n) is 7.47. The van der Waals surface area contributed by atoms with E-state index in [-0.39, 0.29) is 35.2 Å². The van der Waals surface area contributed by atoms with Gasteiger partial charge in [-0.05, 0) is 49.6 Å². The van der Waals surface area contributed by atoms with Gasteiger partial charge in [0.15, 0.2) is 0 Å². The summed E-state index contributed by atoms with van der Waals surface area (Å²) in [6.07, 6.45) is -0.734. The minimum absolute atomic E-state index is 0.0208. The van der Waals surface area contributed by atoms with Crippen molar-refractivity contribution in [2.24, 2.45) is 5.73 Å². The lowest BCUT2D eigenvalue weighted by molar-refractivity contribution is -0.154. The van der Waals surface area contributed by atoms with Gasteiger partial charge in [0.1, 0.15) is 11.9 Å². The quantitative estimate of drug-likeness (QED) is 0.381. The zero-order valence-electron chi connectivity index (χ0n) is 23.9. The van der Waals surface area contributed by atoms with E-state index in [9.17, 15) is 14.9 Å². The molecule has 2 aliphatic heterocycles. The Labute approximate surface area is 246 Å². The van der Waals surface area contributed by atoms with Crippen LogP contribution < -0.4 is 11.1 Å². The molecule has 1 saturated heterocycles. The van der Waals surface area contributed by atoms with E-state index in [4.69, 9.17) is 15.2 Å². The molecule has 0 aromatic heterocycles. The number of hydrogen-bond donors (Lipinski definition) is 2. The van der Waals surface area contributed by atoms with Crippen LogP contribution >= 0.6 is 0 Å². The first-order valence-electron chi connectivity index (χ1n) is 14.0. The Hall–Kier alpha value is -4.87. The van der Waals surface area contributed by atoms with Gasteiger partial charge in [0.25, 0.3) is 0 Å². The van der Waals surface area contributed by atoms with Crippen molar-refractivity contribution in [1.29, 1.82) is 5.26 Å². The van der Waals surface area contributed by atoms with Crippen molar-refractivity contribution < 1.29 is 19.1 Å². The van der Waals surface area contributed by atoms with E-state index in [1.54, 1.807) is 45.0 Å². The van der Waals surface area contributed by atoms with Crippen molar-refractivity contribution >= 4 is 11.9 Å². The van der Waals surface area contributed by atoms with E-state index in [0.717, 1.165) is 11.1 Å². The number of nitrogens with zero attached hydrogens (tertiary/aromatic N) is 2. The number of ether oxygens (including phenoxy) is 2. The first-order valence-corrected chi connectivity index (χ1v) is 14.0. The summed E-state index contributed by atoms with van der Waals surface area (Å²) < 4.78 is 11.5. The molecule has 2 heterocycles. The van der Waals surface area contributed by atoms with Crippen LogP contribution in [0.5, 0.6) is 0 Å². The molecule has 214 valence electrons. The Morgan fingerprint density at radius 3 is 2.12 bits per heavy atom. The number of nitrogens with two attached hydrogens (primary N) is 1. The topological polar surface area (TPSA) is 118 Å². The molecule has 3 N–H and O–H groups in total. The number of hydrogen-bond acceptors (Lipinski definition) is 8. The highest BCUT2D eigenvalue weighted by molar-refractivity contribution is 6.00. The summed E-state index contributed by atoms with van der Waals surface area (Å²) >= 11 is 0. The molecule has 2 aliphatic rings. The molecule has 3 aromatic carbocycles. The SMILES string of the molecule is CC1=C(C(=O)OC(C)C)C(c2cccc(C#N)c2)C(C(=O)OC2CN(C(c3ccccc3)c3ccccc3)C2)=C(N)N1. The monoisotopic (exact) mass is 562 g/mol. The number of benzene rings is 3. The number of nitrogens with one attached hydrogen (secondary N) is 1. The number of carbonyl (C=O) groups is 2. The highest BCUT2D eigenvalue weighted by atomic mass is 16.6. The Morgan fingerprint density at radius 2 is 1.55 bits per heavy atom. The Bertz CT molecular complexity index is 1530. The molecule has 8 nitrogen and oxygen atoms in total. The number of nitriles is 1. The first-order chi connectivity index (χ1) is 20.3. The minimum atomic E-state index is -0.865. The Balaban J connectivity index is 1.40. The van der Waals surface area contributed by atoms with E-state index >= 15 is 0 Å². The second kappa shape index (κ2) is 12.3. The molecule has 0 radical (unpaired) electrons. The molecule has 0 amide bonds. The largest absolute Gasteiger partial charge is 0.460 e. The second-order valence-corrected chi connectivity index (χ2v) is 10.8. The molecule has 42 heavy (non-hydrogen) atoms. The van der Waals surface area contributed by atoms with E-state index < -0.39 is 17.9 Å². The van der Waals surface area contributed by atoms with E-state index in [2.05, 4.69) is 40.6 Å². The molecule has 0 bridgehead atoms. The molecule has 8 heteroatoms. The van der Waals surface area contributed by atoms with Crippen LogP contribution in [0.3, 0.4) is 0 Å². The molecule has 3 aromatic rings. The van der Waals surface area contributed by atoms with Crippen molar-refractivity contribution in [2.75, 3.05) is 13.1 Å². The molecular weight excluding hydrogens is 528 g/mol. The van der Waals surface area contributed by atoms with Crippen LogP contribution in [0.1, 0.15) is 55.0 Å². The molecule has 1 unspecified atom stereocenters. The maximum atomic E-state index is 13.8. The van der Waals surface area contributed by atoms with E-state index in [1.165, 1.54) is 0 Å². The van der Waals surface area contributed by atoms with E-state index in [0.29, 0.717) is 29.9 Å². The normalized spacial score (nSPS) is 17.5. The molecular formula is C34H34N4O4. The van der Waals surface area contributed by atoms with Crippen molar-refractivity contribution in [1.82, 2.24) is 10.2 Å². The van der Waals surface area contributed by atoms with Crippen LogP contribution in [0.4, 0.5) is 0 Å². The fourth-order valence-corrected chi connectivity index (χ4v) is 5.61. The summed E-state index contributed by atoms with van der Waals surface area (Å²) in [6.45, 7) is 6.30. The molecule has 1 atom stereocenters. The van der Waals surface area contributed by atoms with Gasteiger partial charge in [-0.3, -0.25) is 4.90 Å². The van der Waals surface area contributed by atoms with Crippen LogP contribution in [0, 0.1) is 11.3 Å². The number of carbonyl (C=O) groups excluding carboxylic acids is 2. The molecule has 0 spiro atoms. The predicted molar refractivity (Wildman–Crippen MR) is 158 cm³/mol. The lowest BCUT2D eigenvalue weighted by Crippen LogP contribution is -2.54. The lowest BCUT2D eigenvalue weighted by atomic mass is 9.81. The summed E-state index contributed by atoms with van der Waals surface area (Å²) in [7, 11) is 0. The van der Waals surface area contributed by atoms with Crippen molar-refractivity contribution in [2.45, 2.75) is 44.9 Å². The molecule has 0 aliphatic carbocycles. The number of dihydropyridines is 1. The average Bonchev–Trinajstić information content (AvgIpc) is 2.96. The number of esters is 2. The van der Waals surface area contributed by atoms with Gasteiger partial charge in [-0.1, -0.05) is 72.8 Å². The van der Waals surface area contributed by atoms with Crippen LogP contribution in [0.2, 0.25) is 0 Å². The van der Waals surface area contributed by atoms with Gasteiger partial charge in [0, 0.05) is 18.8 Å². The zero-order chi connectivity index (χ0) is 29.8. The van der Waals surface area contributed by atoms with E-state index in [1.807, 2.05) is 36.4 Å². The second-order valence-electron chi connectivity index (χ2n) is 10.8. The van der Waals surface area contributed by atoms with Crippen LogP contribution in [-0.2, 0) is 19.1 Å². The van der Waals surface area contributed by atoms with Crippen LogP contribution in [-0.4, -0.2) is 42.1 Å². The van der Waals surface area contributed by atoms with Crippen molar-refractivity contribution in [3.05, 3.63) is 130 Å². The van der Waals surface area contributed by atoms with Crippen molar-refractivity contribution in [3.63, 3.8) is 0 Å². The molecule has 1 fully saturated rings. The number of rotatable bonds is 8. The van der Waals surface area contributed by atoms with Gasteiger partial charge in [-0.15, -0.1) is 0 Å². The Kier molecular flexibility index (Phi) is 8.41. The highest BCUT2D eigenvalue weighted by Crippen LogP contribution is 2.40. The fraction of sp³-hybridized carbons (Fsp3) is 0.265. The van der Waals surface area contributed by atoms with Crippen LogP contribution in [0.25, 0.3) is 0 Å². The van der Waals surface area contributed by atoms with Gasteiger partial charge in [-0.25, -0.2) is 9.59 Å². The molecule has 5 rings (SSSR count). The summed E-state index contributed by atoms with van der Waals surface area (Å²) in [4.78, 5) is 29.4. The first kappa shape index (κ1) is 28.7. The summed E-state index contributed by atoms with van der Waals surface area (Å²) in [5, 5.41) is 12.5. The smallest absolute Gasteiger partial charge is 0.339 e. The third kappa shape index (κ3) is 5.92. The maximum Gasteiger partial charge on any atom is 0.339 e. The van der Waals surface area contributed by atoms with Crippen molar-refractivity contribution in [3.8, 4) is 6.07 Å². The summed E-state index contributed by atoms with van der Waals surface area (Å²) in [6, 6.07) is 29.4. The fourth-order valence-electron chi connectivity index (χ4n) is 5.61. The lowest BCUT2D eigenvalue weighted by Gasteiger charge is -2.44. The number of allylic oxidation sites excluding steroid dienone is 1. The third-order valence-corrected chi connectivity index (χ3v) is 7.47. The van der Waals surface area contributed by atoms with Gasteiger partial charge >= 0.3 is 11.9 Å². The highest BCUT2D eigenvalue weighted by Gasteiger charge is 2.42. The molecule has 0 saturated carbocycles. The standard InChI is InChI=1S/C34H34N4O4/c1-21(2)41-33(39)28-22(3)37-32(36)30(29(28)26-16-10-11-23(17-26)18-35)34(40)42-27-19-38(20-27)31(24-12-6-4-7-13-24)25-14-8-5-9-15-25/h4-17,21,27,29,31,37H,19-20,36H2,1-3H3. The maximum absolute atomic E-state index is 13.8. The Morgan fingerprint density at radius 1 is 0.929 bits per heavy atom. The summed E-state index contributed by atoms with van der Waals surface area (Å²) in [5.41, 5.74) is 10.5. The number of likely N-dealkylation sites (tertiary alicyclic amines) is 1. The van der Waals surface area contributed by atoms with Gasteiger partial charge < -0.3 is 20.5 Å². The van der Waals surface area contributed by atoms with Gasteiger partial charge in [0.2, 0.25) is 0 Å². The van der Waals surface area contributed by atoms with Crippen LogP contribution in [0.15, 0.2) is 108 Å². The zero-order valence-corrected chi connectivity index (χ0v) is 23.9. The minimum Gasteiger partial charge on any atom is -0.460 e. The van der Waals surface area contributed by atoms with Gasteiger partial charge in [-0.2, -0.15) is 5.26 Å². The van der Waals surface area contributed by atoms with Gasteiger partial charge in [0.05, 0.1) is 40.8 Å². The summed E-state index contributed by atoms with van der Waals surface area (Å²) in [5.74, 6) is -1.94. The average molecular weight is 563 g/mol. The predicted octanol–water partition coefficient (Wildman–Crippen LogP) is 4.66.